The lowest BCUT2D eigenvalue weighted by Gasteiger charge is -2.20. The van der Waals surface area contributed by atoms with Gasteiger partial charge in [0.25, 0.3) is 0 Å². The molecule has 0 aliphatic rings. The Balaban J connectivity index is 1.26. The summed E-state index contributed by atoms with van der Waals surface area (Å²) >= 11 is 0. The van der Waals surface area contributed by atoms with Crippen molar-refractivity contribution in [3.8, 4) is 0 Å². The third-order valence-electron chi connectivity index (χ3n) is 7.26. The van der Waals surface area contributed by atoms with E-state index in [0.717, 1.165) is 46.7 Å². The Morgan fingerprint density at radius 2 is 1.00 bits per heavy atom. The van der Waals surface area contributed by atoms with Crippen molar-refractivity contribution >= 4 is 35.5 Å². The minimum Gasteiger partial charge on any atom is -0.461 e. The van der Waals surface area contributed by atoms with E-state index in [2.05, 4.69) is 115 Å². The highest BCUT2D eigenvalue weighted by molar-refractivity contribution is 5.81. The van der Waals surface area contributed by atoms with Crippen LogP contribution in [0, 0.1) is 0 Å². The molecule has 0 aliphatic carbocycles. The fourth-order valence-electron chi connectivity index (χ4n) is 4.56. The Morgan fingerprint density at radius 1 is 0.614 bits per heavy atom. The number of anilines is 2. The monoisotopic (exact) mass is 588 g/mol. The van der Waals surface area contributed by atoms with E-state index in [1.165, 1.54) is 17.2 Å². The maximum atomic E-state index is 11.4. The van der Waals surface area contributed by atoms with Crippen LogP contribution >= 0.6 is 0 Å². The molecule has 0 amide bonds. The van der Waals surface area contributed by atoms with Gasteiger partial charge in [0, 0.05) is 51.1 Å². The number of esters is 2. The molecule has 0 saturated heterocycles. The Bertz CT molecular complexity index is 1540. The molecule has 0 atom stereocenters. The summed E-state index contributed by atoms with van der Waals surface area (Å²) in [6, 6.07) is 33.3. The van der Waals surface area contributed by atoms with E-state index in [0.29, 0.717) is 13.0 Å². The standard InChI is InChI=1S/C38H40N2O4/c1-5-37(41)43-27-33-13-9-31(10-14-33)25-39(3)35-21-17-29(18-22-35)7-8-30-19-23-36(24-20-30)40(4)26-32-11-15-34(16-12-32)28-44-38(42)6-2/h5,7-24H,1,6,25-28H2,2-4H3. The van der Waals surface area contributed by atoms with Crippen molar-refractivity contribution in [1.82, 2.24) is 0 Å². The second-order valence-electron chi connectivity index (χ2n) is 10.7. The third kappa shape index (κ3) is 9.73. The molecule has 0 heterocycles. The molecule has 0 unspecified atom stereocenters. The second-order valence-corrected chi connectivity index (χ2v) is 10.7. The van der Waals surface area contributed by atoms with Crippen molar-refractivity contribution in [2.45, 2.75) is 39.6 Å². The first kappa shape index (κ1) is 31.8. The van der Waals surface area contributed by atoms with E-state index in [4.69, 9.17) is 9.47 Å². The van der Waals surface area contributed by atoms with Gasteiger partial charge >= 0.3 is 11.9 Å². The largest absolute Gasteiger partial charge is 0.461 e. The topological polar surface area (TPSA) is 59.1 Å². The Hall–Kier alpha value is -5.10. The molecule has 226 valence electrons. The van der Waals surface area contributed by atoms with Gasteiger partial charge in [-0.05, 0) is 57.6 Å². The summed E-state index contributed by atoms with van der Waals surface area (Å²) in [5.41, 5.74) is 8.85. The molecule has 0 aromatic heterocycles. The summed E-state index contributed by atoms with van der Waals surface area (Å²) in [4.78, 5) is 27.0. The Kier molecular flexibility index (Phi) is 11.5. The molecule has 0 fully saturated rings. The van der Waals surface area contributed by atoms with Crippen LogP contribution in [0.1, 0.15) is 46.7 Å². The number of nitrogens with zero attached hydrogens (tertiary/aromatic N) is 2. The van der Waals surface area contributed by atoms with E-state index >= 15 is 0 Å². The molecule has 4 aromatic rings. The minimum atomic E-state index is -0.418. The van der Waals surface area contributed by atoms with Gasteiger partial charge in [0.2, 0.25) is 0 Å². The summed E-state index contributed by atoms with van der Waals surface area (Å²) in [7, 11) is 4.16. The molecule has 4 rings (SSSR count). The Morgan fingerprint density at radius 3 is 1.39 bits per heavy atom. The van der Waals surface area contributed by atoms with E-state index < -0.39 is 5.97 Å². The number of ether oxygens (including phenoxy) is 2. The highest BCUT2D eigenvalue weighted by Gasteiger charge is 2.06. The molecule has 44 heavy (non-hydrogen) atoms. The number of hydrogen-bond acceptors (Lipinski definition) is 6. The molecule has 4 aromatic carbocycles. The molecule has 0 radical (unpaired) electrons. The van der Waals surface area contributed by atoms with Crippen molar-refractivity contribution in [2.24, 2.45) is 0 Å². The molecule has 0 N–H and O–H groups in total. The van der Waals surface area contributed by atoms with Crippen LogP contribution in [0.15, 0.2) is 110 Å². The SMILES string of the molecule is C=CC(=O)OCc1ccc(CN(C)c2ccc(C=Cc3ccc(N(C)Cc4ccc(COC(=O)CC)cc4)cc3)cc2)cc1. The predicted molar refractivity (Wildman–Crippen MR) is 179 cm³/mol. The number of rotatable bonds is 14. The molecule has 0 spiro atoms. The van der Waals surface area contributed by atoms with Gasteiger partial charge in [0.15, 0.2) is 0 Å². The zero-order chi connectivity index (χ0) is 31.3. The van der Waals surface area contributed by atoms with Gasteiger partial charge < -0.3 is 19.3 Å². The number of benzene rings is 4. The van der Waals surface area contributed by atoms with Gasteiger partial charge in [-0.15, -0.1) is 0 Å². The second kappa shape index (κ2) is 15.9. The maximum absolute atomic E-state index is 11.4. The van der Waals surface area contributed by atoms with Gasteiger partial charge in [-0.25, -0.2) is 4.79 Å². The summed E-state index contributed by atoms with van der Waals surface area (Å²) < 4.78 is 10.3. The van der Waals surface area contributed by atoms with E-state index in [9.17, 15) is 9.59 Å². The lowest BCUT2D eigenvalue weighted by molar-refractivity contribution is -0.144. The van der Waals surface area contributed by atoms with Crippen molar-refractivity contribution in [1.29, 1.82) is 0 Å². The first-order valence-electron chi connectivity index (χ1n) is 14.7. The van der Waals surface area contributed by atoms with E-state index in [1.54, 1.807) is 6.92 Å². The van der Waals surface area contributed by atoms with E-state index in [-0.39, 0.29) is 12.6 Å². The van der Waals surface area contributed by atoms with Crippen molar-refractivity contribution in [3.63, 3.8) is 0 Å². The van der Waals surface area contributed by atoms with Crippen LogP contribution in [-0.2, 0) is 45.4 Å². The average Bonchev–Trinajstić information content (AvgIpc) is 3.06. The summed E-state index contributed by atoms with van der Waals surface area (Å²) in [6.07, 6.45) is 5.81. The summed E-state index contributed by atoms with van der Waals surface area (Å²) in [6.45, 7) is 7.32. The lowest BCUT2D eigenvalue weighted by atomic mass is 10.1. The van der Waals surface area contributed by atoms with Crippen LogP contribution in [0.2, 0.25) is 0 Å². The quantitative estimate of drug-likeness (QED) is 0.0851. The number of carbonyl (C=O) groups is 2. The first-order valence-corrected chi connectivity index (χ1v) is 14.7. The molecule has 0 bridgehead atoms. The van der Waals surface area contributed by atoms with Crippen LogP contribution < -0.4 is 9.80 Å². The molecule has 6 nitrogen and oxygen atoms in total. The normalized spacial score (nSPS) is 10.8. The molecular formula is C38H40N2O4. The minimum absolute atomic E-state index is 0.184. The highest BCUT2D eigenvalue weighted by atomic mass is 16.5. The van der Waals surface area contributed by atoms with Crippen molar-refractivity contribution in [3.05, 3.63) is 143 Å². The Labute approximate surface area is 260 Å². The molecule has 0 saturated carbocycles. The van der Waals surface area contributed by atoms with Gasteiger partial charge in [-0.1, -0.05) is 98.5 Å². The number of hydrogen-bond donors (Lipinski definition) is 0. The zero-order valence-electron chi connectivity index (χ0n) is 25.7. The van der Waals surface area contributed by atoms with E-state index in [1.807, 2.05) is 24.3 Å². The van der Waals surface area contributed by atoms with Gasteiger partial charge in [0.05, 0.1) is 0 Å². The smallest absolute Gasteiger partial charge is 0.330 e. The van der Waals surface area contributed by atoms with Crippen molar-refractivity contribution < 1.29 is 19.1 Å². The van der Waals surface area contributed by atoms with Crippen LogP contribution in [0.25, 0.3) is 12.2 Å². The zero-order valence-corrected chi connectivity index (χ0v) is 25.7. The average molecular weight is 589 g/mol. The maximum Gasteiger partial charge on any atom is 0.330 e. The fraction of sp³-hybridized carbons (Fsp3) is 0.211. The predicted octanol–water partition coefficient (Wildman–Crippen LogP) is 7.81. The van der Waals surface area contributed by atoms with Crippen LogP contribution in [0.3, 0.4) is 0 Å². The fourth-order valence-corrected chi connectivity index (χ4v) is 4.56. The lowest BCUT2D eigenvalue weighted by Crippen LogP contribution is -2.16. The summed E-state index contributed by atoms with van der Waals surface area (Å²) in [5.74, 6) is -0.602. The van der Waals surface area contributed by atoms with Gasteiger partial charge in [0.1, 0.15) is 13.2 Å². The summed E-state index contributed by atoms with van der Waals surface area (Å²) in [5, 5.41) is 0. The van der Waals surface area contributed by atoms with Crippen LogP contribution in [0.4, 0.5) is 11.4 Å². The molecule has 6 heteroatoms. The molecular weight excluding hydrogens is 548 g/mol. The molecule has 0 aliphatic heterocycles. The highest BCUT2D eigenvalue weighted by Crippen LogP contribution is 2.21. The van der Waals surface area contributed by atoms with Gasteiger partial charge in [-0.3, -0.25) is 4.79 Å². The van der Waals surface area contributed by atoms with Crippen LogP contribution in [-0.4, -0.2) is 26.0 Å². The number of carbonyl (C=O) groups excluding carboxylic acids is 2. The van der Waals surface area contributed by atoms with Crippen molar-refractivity contribution in [2.75, 3.05) is 23.9 Å². The third-order valence-corrected chi connectivity index (χ3v) is 7.26. The van der Waals surface area contributed by atoms with Crippen LogP contribution in [0.5, 0.6) is 0 Å². The van der Waals surface area contributed by atoms with Gasteiger partial charge in [-0.2, -0.15) is 0 Å². The first-order chi connectivity index (χ1) is 21.3.